The van der Waals surface area contributed by atoms with Gasteiger partial charge in [-0.15, -0.1) is 0 Å². The molecule has 5 nitrogen and oxygen atoms in total. The Morgan fingerprint density at radius 1 is 1.29 bits per heavy atom. The number of hydrogen-bond acceptors (Lipinski definition) is 4. The van der Waals surface area contributed by atoms with Gasteiger partial charge in [0.2, 0.25) is 0 Å². The molecule has 0 atom stereocenters. The fourth-order valence-electron chi connectivity index (χ4n) is 1.46. The van der Waals surface area contributed by atoms with E-state index in [2.05, 4.69) is 20.9 Å². The average molecular weight is 294 g/mol. The molecule has 0 amide bonds. The molecule has 0 spiro atoms. The van der Waals surface area contributed by atoms with Gasteiger partial charge in [-0.2, -0.15) is 0 Å². The molecular formula is C11H8BrN3O2. The maximum absolute atomic E-state index is 10.9. The smallest absolute Gasteiger partial charge is 0.295 e. The second kappa shape index (κ2) is 4.50. The zero-order valence-electron chi connectivity index (χ0n) is 8.63. The first-order valence-electron chi connectivity index (χ1n) is 4.75. The van der Waals surface area contributed by atoms with Gasteiger partial charge in [0, 0.05) is 16.1 Å². The standard InChI is InChI=1S/C11H8BrN3O2/c12-8-3-1-2-7(6-8)11-9(15(16)17)4-5-10(13)14-11/h1-6H,(H2,13,14). The van der Waals surface area contributed by atoms with Crippen LogP contribution in [0.25, 0.3) is 11.3 Å². The molecule has 0 fully saturated rings. The van der Waals surface area contributed by atoms with Gasteiger partial charge in [0.05, 0.1) is 4.92 Å². The minimum atomic E-state index is -0.470. The molecule has 0 aliphatic rings. The van der Waals surface area contributed by atoms with E-state index in [1.54, 1.807) is 18.2 Å². The van der Waals surface area contributed by atoms with Gasteiger partial charge in [-0.1, -0.05) is 28.1 Å². The van der Waals surface area contributed by atoms with Gasteiger partial charge in [0.15, 0.2) is 5.69 Å². The summed E-state index contributed by atoms with van der Waals surface area (Å²) in [6.07, 6.45) is 0. The molecule has 86 valence electrons. The van der Waals surface area contributed by atoms with Crippen molar-refractivity contribution in [2.45, 2.75) is 0 Å². The van der Waals surface area contributed by atoms with Crippen LogP contribution < -0.4 is 5.73 Å². The van der Waals surface area contributed by atoms with Crippen LogP contribution in [-0.4, -0.2) is 9.91 Å². The number of rotatable bonds is 2. The first-order chi connectivity index (χ1) is 8.08. The summed E-state index contributed by atoms with van der Waals surface area (Å²) in [6, 6.07) is 9.90. The Labute approximate surface area is 106 Å². The summed E-state index contributed by atoms with van der Waals surface area (Å²) >= 11 is 3.31. The maximum atomic E-state index is 10.9. The second-order valence-electron chi connectivity index (χ2n) is 3.37. The Bertz CT molecular complexity index is 587. The van der Waals surface area contributed by atoms with Gasteiger partial charge in [-0.3, -0.25) is 10.1 Å². The minimum absolute atomic E-state index is 0.0581. The predicted octanol–water partition coefficient (Wildman–Crippen LogP) is 3.00. The van der Waals surface area contributed by atoms with E-state index in [4.69, 9.17) is 5.73 Å². The topological polar surface area (TPSA) is 82.0 Å². The Morgan fingerprint density at radius 3 is 2.71 bits per heavy atom. The zero-order chi connectivity index (χ0) is 12.4. The van der Waals surface area contributed by atoms with Crippen molar-refractivity contribution in [1.82, 2.24) is 4.98 Å². The number of pyridine rings is 1. The molecule has 1 aromatic heterocycles. The summed E-state index contributed by atoms with van der Waals surface area (Å²) in [7, 11) is 0. The van der Waals surface area contributed by atoms with Gasteiger partial charge in [-0.05, 0) is 18.2 Å². The summed E-state index contributed by atoms with van der Waals surface area (Å²) in [5, 5.41) is 10.9. The number of nitrogen functional groups attached to an aromatic ring is 1. The van der Waals surface area contributed by atoms with Crippen LogP contribution >= 0.6 is 15.9 Å². The van der Waals surface area contributed by atoms with Crippen molar-refractivity contribution in [2.75, 3.05) is 5.73 Å². The Hall–Kier alpha value is -1.95. The lowest BCUT2D eigenvalue weighted by molar-refractivity contribution is -0.384. The number of nitro groups is 1. The predicted molar refractivity (Wildman–Crippen MR) is 68.4 cm³/mol. The van der Waals surface area contributed by atoms with Gasteiger partial charge >= 0.3 is 0 Å². The number of benzene rings is 1. The third-order valence-corrected chi connectivity index (χ3v) is 2.68. The van der Waals surface area contributed by atoms with E-state index in [-0.39, 0.29) is 17.2 Å². The number of aromatic nitrogens is 1. The number of hydrogen-bond donors (Lipinski definition) is 1. The summed E-state index contributed by atoms with van der Waals surface area (Å²) in [5.41, 5.74) is 6.43. The summed E-state index contributed by atoms with van der Waals surface area (Å²) in [5.74, 6) is 0.255. The maximum Gasteiger partial charge on any atom is 0.295 e. The van der Waals surface area contributed by atoms with E-state index in [1.807, 2.05) is 6.07 Å². The summed E-state index contributed by atoms with van der Waals surface area (Å²) < 4.78 is 0.827. The second-order valence-corrected chi connectivity index (χ2v) is 4.29. The number of nitrogens with zero attached hydrogens (tertiary/aromatic N) is 2. The first kappa shape index (κ1) is 11.5. The lowest BCUT2D eigenvalue weighted by Gasteiger charge is -2.03. The molecule has 0 aliphatic heterocycles. The molecular weight excluding hydrogens is 286 g/mol. The van der Waals surface area contributed by atoms with E-state index < -0.39 is 4.92 Å². The highest BCUT2D eigenvalue weighted by molar-refractivity contribution is 9.10. The molecule has 0 radical (unpaired) electrons. The third-order valence-electron chi connectivity index (χ3n) is 2.19. The summed E-state index contributed by atoms with van der Waals surface area (Å²) in [6.45, 7) is 0. The molecule has 0 aliphatic carbocycles. The van der Waals surface area contributed by atoms with Gasteiger partial charge in [0.25, 0.3) is 5.69 Å². The molecule has 0 unspecified atom stereocenters. The molecule has 0 saturated carbocycles. The third kappa shape index (κ3) is 2.42. The van der Waals surface area contributed by atoms with Crippen LogP contribution in [0, 0.1) is 10.1 Å². The van der Waals surface area contributed by atoms with Crippen molar-refractivity contribution in [1.29, 1.82) is 0 Å². The minimum Gasteiger partial charge on any atom is -0.384 e. The van der Waals surface area contributed by atoms with E-state index >= 15 is 0 Å². The molecule has 2 aromatic rings. The van der Waals surface area contributed by atoms with Crippen LogP contribution in [0.1, 0.15) is 0 Å². The molecule has 2 N–H and O–H groups in total. The van der Waals surface area contributed by atoms with Crippen molar-refractivity contribution in [3.63, 3.8) is 0 Å². The monoisotopic (exact) mass is 293 g/mol. The molecule has 1 aromatic carbocycles. The van der Waals surface area contributed by atoms with Gasteiger partial charge in [0.1, 0.15) is 5.82 Å². The van der Waals surface area contributed by atoms with Crippen LogP contribution in [0.3, 0.4) is 0 Å². The van der Waals surface area contributed by atoms with E-state index in [9.17, 15) is 10.1 Å². The number of nitrogens with two attached hydrogens (primary N) is 1. The molecule has 6 heteroatoms. The van der Waals surface area contributed by atoms with Crippen molar-refractivity contribution >= 4 is 27.4 Å². The van der Waals surface area contributed by atoms with Crippen LogP contribution in [0.2, 0.25) is 0 Å². The highest BCUT2D eigenvalue weighted by atomic mass is 79.9. The molecule has 1 heterocycles. The zero-order valence-corrected chi connectivity index (χ0v) is 10.2. The van der Waals surface area contributed by atoms with Crippen molar-refractivity contribution < 1.29 is 4.92 Å². The molecule has 0 bridgehead atoms. The van der Waals surface area contributed by atoms with Crippen molar-refractivity contribution in [3.05, 3.63) is 51.0 Å². The van der Waals surface area contributed by atoms with Crippen molar-refractivity contribution in [3.8, 4) is 11.3 Å². The Morgan fingerprint density at radius 2 is 2.06 bits per heavy atom. The Kier molecular flexibility index (Phi) is 3.06. The first-order valence-corrected chi connectivity index (χ1v) is 5.54. The Balaban J connectivity index is 2.65. The van der Waals surface area contributed by atoms with E-state index in [0.29, 0.717) is 5.56 Å². The molecule has 17 heavy (non-hydrogen) atoms. The van der Waals surface area contributed by atoms with Crippen LogP contribution in [-0.2, 0) is 0 Å². The van der Waals surface area contributed by atoms with E-state index in [0.717, 1.165) is 4.47 Å². The largest absolute Gasteiger partial charge is 0.384 e. The lowest BCUT2D eigenvalue weighted by atomic mass is 10.1. The van der Waals surface area contributed by atoms with Crippen LogP contribution in [0.4, 0.5) is 11.5 Å². The lowest BCUT2D eigenvalue weighted by Crippen LogP contribution is -1.98. The molecule has 0 saturated heterocycles. The van der Waals surface area contributed by atoms with Gasteiger partial charge < -0.3 is 5.73 Å². The SMILES string of the molecule is Nc1ccc([N+](=O)[O-])c(-c2cccc(Br)c2)n1. The molecule has 2 rings (SSSR count). The summed E-state index contributed by atoms with van der Waals surface area (Å²) in [4.78, 5) is 14.5. The fourth-order valence-corrected chi connectivity index (χ4v) is 1.86. The highest BCUT2D eigenvalue weighted by Crippen LogP contribution is 2.30. The van der Waals surface area contributed by atoms with Crippen LogP contribution in [0.5, 0.6) is 0 Å². The highest BCUT2D eigenvalue weighted by Gasteiger charge is 2.17. The average Bonchev–Trinajstić information content (AvgIpc) is 2.28. The number of halogens is 1. The number of anilines is 1. The normalized spacial score (nSPS) is 10.2. The quantitative estimate of drug-likeness (QED) is 0.681. The van der Waals surface area contributed by atoms with Gasteiger partial charge in [-0.25, -0.2) is 4.98 Å². The van der Waals surface area contributed by atoms with Crippen LogP contribution in [0.15, 0.2) is 40.9 Å². The van der Waals surface area contributed by atoms with Crippen molar-refractivity contribution in [2.24, 2.45) is 0 Å². The fraction of sp³-hybridized carbons (Fsp3) is 0. The van der Waals surface area contributed by atoms with E-state index in [1.165, 1.54) is 12.1 Å².